The first-order valence-electron chi connectivity index (χ1n) is 5.44. The van der Waals surface area contributed by atoms with Crippen LogP contribution in [0, 0.1) is 6.42 Å². The third-order valence-electron chi connectivity index (χ3n) is 2.97. The van der Waals surface area contributed by atoms with Gasteiger partial charge in [0.1, 0.15) is 0 Å². The molecule has 2 rings (SSSR count). The van der Waals surface area contributed by atoms with Crippen molar-refractivity contribution in [3.05, 3.63) is 46.4 Å². The maximum atomic E-state index is 2.31. The van der Waals surface area contributed by atoms with Gasteiger partial charge in [-0.1, -0.05) is 37.6 Å². The Bertz CT molecular complexity index is 383. The average Bonchev–Trinajstić information content (AvgIpc) is 2.57. The van der Waals surface area contributed by atoms with Crippen molar-refractivity contribution in [1.29, 1.82) is 0 Å². The number of aryl methyl sites for hydroxylation is 2. The van der Waals surface area contributed by atoms with Gasteiger partial charge < -0.3 is 0 Å². The Labute approximate surface area is 86.7 Å². The van der Waals surface area contributed by atoms with Crippen LogP contribution in [-0.4, -0.2) is 0 Å². The number of rotatable bonds is 2. The molecular formula is C14H17. The van der Waals surface area contributed by atoms with Crippen LogP contribution in [0.4, 0.5) is 0 Å². The van der Waals surface area contributed by atoms with Crippen molar-refractivity contribution < 1.29 is 0 Å². The van der Waals surface area contributed by atoms with Gasteiger partial charge in [-0.3, -0.25) is 0 Å². The van der Waals surface area contributed by atoms with Gasteiger partial charge in [0, 0.05) is 6.42 Å². The van der Waals surface area contributed by atoms with Crippen LogP contribution in [0.15, 0.2) is 17.7 Å². The minimum Gasteiger partial charge on any atom is -0.0642 e. The molecule has 1 aliphatic rings. The first-order chi connectivity index (χ1) is 6.76. The summed E-state index contributed by atoms with van der Waals surface area (Å²) in [5.74, 6) is 0. The Morgan fingerprint density at radius 1 is 0.929 bits per heavy atom. The fourth-order valence-corrected chi connectivity index (χ4v) is 2.18. The topological polar surface area (TPSA) is 0 Å². The van der Waals surface area contributed by atoms with Gasteiger partial charge in [-0.15, -0.1) is 0 Å². The van der Waals surface area contributed by atoms with Crippen molar-refractivity contribution >= 4 is 6.08 Å². The standard InChI is InChI=1S/C14H17/c1-4-11-6-7-12(5-2)14-9-10(3)8-13(11)14/h6-9H,4-5H2,1-3H3. The predicted octanol–water partition coefficient (Wildman–Crippen LogP) is 3.78. The molecule has 0 heteroatoms. The molecular weight excluding hydrogens is 168 g/mol. The van der Waals surface area contributed by atoms with Crippen molar-refractivity contribution in [2.24, 2.45) is 0 Å². The molecule has 0 nitrogen and oxygen atoms in total. The Hall–Kier alpha value is -1.04. The number of benzene rings is 1. The second-order valence-corrected chi connectivity index (χ2v) is 3.95. The van der Waals surface area contributed by atoms with Crippen LogP contribution >= 0.6 is 0 Å². The second-order valence-electron chi connectivity index (χ2n) is 3.95. The predicted molar refractivity (Wildman–Crippen MR) is 62.3 cm³/mol. The highest BCUT2D eigenvalue weighted by molar-refractivity contribution is 5.73. The van der Waals surface area contributed by atoms with E-state index in [1.165, 1.54) is 27.8 Å². The normalized spacial score (nSPS) is 14.1. The summed E-state index contributed by atoms with van der Waals surface area (Å²) in [4.78, 5) is 0. The average molecular weight is 185 g/mol. The molecule has 0 heterocycles. The van der Waals surface area contributed by atoms with E-state index < -0.39 is 0 Å². The lowest BCUT2D eigenvalue weighted by Gasteiger charge is -2.10. The minimum atomic E-state index is 1.13. The fourth-order valence-electron chi connectivity index (χ4n) is 2.18. The zero-order chi connectivity index (χ0) is 10.1. The number of hydrogen-bond acceptors (Lipinski definition) is 0. The summed E-state index contributed by atoms with van der Waals surface area (Å²) in [6, 6.07) is 4.56. The molecule has 14 heavy (non-hydrogen) atoms. The van der Waals surface area contributed by atoms with Crippen molar-refractivity contribution in [1.82, 2.24) is 0 Å². The van der Waals surface area contributed by atoms with Crippen molar-refractivity contribution in [3.63, 3.8) is 0 Å². The molecule has 0 N–H and O–H groups in total. The summed E-state index contributed by atoms with van der Waals surface area (Å²) in [6.07, 6.45) is 6.88. The van der Waals surface area contributed by atoms with Gasteiger partial charge in [0.25, 0.3) is 0 Å². The summed E-state index contributed by atoms with van der Waals surface area (Å²) >= 11 is 0. The molecule has 1 aliphatic carbocycles. The van der Waals surface area contributed by atoms with Gasteiger partial charge in [-0.2, -0.15) is 0 Å². The van der Waals surface area contributed by atoms with Crippen LogP contribution in [0.25, 0.3) is 6.08 Å². The van der Waals surface area contributed by atoms with E-state index in [1.54, 1.807) is 0 Å². The molecule has 0 bridgehead atoms. The third kappa shape index (κ3) is 1.39. The largest absolute Gasteiger partial charge is 0.0642 e. The van der Waals surface area contributed by atoms with Crippen LogP contribution < -0.4 is 0 Å². The molecule has 1 radical (unpaired) electrons. The van der Waals surface area contributed by atoms with Gasteiger partial charge in [0.2, 0.25) is 0 Å². The summed E-state index contributed by atoms with van der Waals surface area (Å²) < 4.78 is 0. The van der Waals surface area contributed by atoms with Crippen LogP contribution in [-0.2, 0) is 12.8 Å². The Morgan fingerprint density at radius 3 is 2.07 bits per heavy atom. The lowest BCUT2D eigenvalue weighted by molar-refractivity contribution is 1.08. The van der Waals surface area contributed by atoms with E-state index in [0.29, 0.717) is 0 Å². The highest BCUT2D eigenvalue weighted by atomic mass is 14.2. The van der Waals surface area contributed by atoms with E-state index in [9.17, 15) is 0 Å². The molecule has 0 aliphatic heterocycles. The molecule has 0 saturated carbocycles. The summed E-state index contributed by atoms with van der Waals surface area (Å²) in [6.45, 7) is 6.63. The summed E-state index contributed by atoms with van der Waals surface area (Å²) in [5, 5.41) is 0. The van der Waals surface area contributed by atoms with Gasteiger partial charge in [-0.05, 0) is 42.0 Å². The van der Waals surface area contributed by atoms with E-state index in [2.05, 4.69) is 45.4 Å². The first kappa shape index (κ1) is 9.51. The number of fused-ring (bicyclic) bond motifs is 1. The van der Waals surface area contributed by atoms with Crippen molar-refractivity contribution in [2.75, 3.05) is 0 Å². The SMILES string of the molecule is CCc1ccc(CC)c2c1[CH]C(C)=C2. The highest BCUT2D eigenvalue weighted by Crippen LogP contribution is 2.32. The maximum Gasteiger partial charge on any atom is 0.0164 e. The van der Waals surface area contributed by atoms with Gasteiger partial charge in [0.05, 0.1) is 0 Å². The van der Waals surface area contributed by atoms with E-state index >= 15 is 0 Å². The molecule has 0 spiro atoms. The molecule has 0 saturated heterocycles. The lowest BCUT2D eigenvalue weighted by Crippen LogP contribution is -1.95. The van der Waals surface area contributed by atoms with Gasteiger partial charge in [-0.25, -0.2) is 0 Å². The molecule has 0 unspecified atom stereocenters. The van der Waals surface area contributed by atoms with Gasteiger partial charge in [0.15, 0.2) is 0 Å². The lowest BCUT2D eigenvalue weighted by atomic mass is 9.95. The first-order valence-corrected chi connectivity index (χ1v) is 5.44. The molecule has 1 aromatic rings. The van der Waals surface area contributed by atoms with Crippen molar-refractivity contribution in [2.45, 2.75) is 33.6 Å². The smallest absolute Gasteiger partial charge is 0.0164 e. The Kier molecular flexibility index (Phi) is 2.45. The highest BCUT2D eigenvalue weighted by Gasteiger charge is 2.15. The molecule has 1 aromatic carbocycles. The molecule has 0 fully saturated rings. The molecule has 0 amide bonds. The van der Waals surface area contributed by atoms with Crippen LogP contribution in [0.5, 0.6) is 0 Å². The maximum absolute atomic E-state index is 2.31. The van der Waals surface area contributed by atoms with E-state index in [1.807, 2.05) is 0 Å². The zero-order valence-corrected chi connectivity index (χ0v) is 9.22. The molecule has 0 aromatic heterocycles. The number of hydrogen-bond donors (Lipinski definition) is 0. The molecule has 0 atom stereocenters. The number of allylic oxidation sites excluding steroid dienone is 1. The summed E-state index contributed by atoms with van der Waals surface area (Å²) in [5.41, 5.74) is 7.26. The fraction of sp³-hybridized carbons (Fsp3) is 0.357. The third-order valence-corrected chi connectivity index (χ3v) is 2.97. The summed E-state index contributed by atoms with van der Waals surface area (Å²) in [7, 11) is 0. The van der Waals surface area contributed by atoms with Crippen LogP contribution in [0.2, 0.25) is 0 Å². The van der Waals surface area contributed by atoms with Crippen molar-refractivity contribution in [3.8, 4) is 0 Å². The van der Waals surface area contributed by atoms with E-state index in [0.717, 1.165) is 12.8 Å². The van der Waals surface area contributed by atoms with Crippen LogP contribution in [0.1, 0.15) is 43.0 Å². The van der Waals surface area contributed by atoms with E-state index in [4.69, 9.17) is 0 Å². The minimum absolute atomic E-state index is 1.13. The quantitative estimate of drug-likeness (QED) is 0.657. The van der Waals surface area contributed by atoms with Crippen LogP contribution in [0.3, 0.4) is 0 Å². The zero-order valence-electron chi connectivity index (χ0n) is 9.22. The Balaban J connectivity index is 2.57. The Morgan fingerprint density at radius 2 is 1.50 bits per heavy atom. The second kappa shape index (κ2) is 3.61. The van der Waals surface area contributed by atoms with E-state index in [-0.39, 0.29) is 0 Å². The van der Waals surface area contributed by atoms with Gasteiger partial charge >= 0.3 is 0 Å². The monoisotopic (exact) mass is 185 g/mol. The molecule has 73 valence electrons.